The molecule has 11 heteroatoms. The van der Waals surface area contributed by atoms with Gasteiger partial charge in [-0.15, -0.1) is 0 Å². The molecule has 3 rings (SSSR count). The monoisotopic (exact) mass is 376 g/mol. The first kappa shape index (κ1) is 17.5. The maximum Gasteiger partial charge on any atom is 0.390 e. The van der Waals surface area contributed by atoms with Crippen LogP contribution in [0.1, 0.15) is 27.8 Å². The number of rotatable bonds is 6. The molecule has 0 bridgehead atoms. The average Bonchev–Trinajstić information content (AvgIpc) is 3.22. The maximum absolute atomic E-state index is 12.1. The smallest absolute Gasteiger partial charge is 0.358 e. The first-order valence-electron chi connectivity index (χ1n) is 7.47. The molecule has 1 N–H and O–H groups in total. The van der Waals surface area contributed by atoms with Crippen LogP contribution in [0.5, 0.6) is 0 Å². The molecule has 1 amide bonds. The fourth-order valence-electron chi connectivity index (χ4n) is 2.18. The van der Waals surface area contributed by atoms with Crippen molar-refractivity contribution in [3.05, 3.63) is 68.4 Å². The Morgan fingerprint density at radius 2 is 2.19 bits per heavy atom. The van der Waals surface area contributed by atoms with Gasteiger partial charge in [0, 0.05) is 11.6 Å². The Morgan fingerprint density at radius 1 is 1.42 bits per heavy atom. The highest BCUT2D eigenvalue weighted by atomic mass is 35.5. The highest BCUT2D eigenvalue weighted by molar-refractivity contribution is 6.31. The van der Waals surface area contributed by atoms with Gasteiger partial charge in [0.2, 0.25) is 0 Å². The van der Waals surface area contributed by atoms with E-state index in [1.165, 1.54) is 10.7 Å². The lowest BCUT2D eigenvalue weighted by Gasteiger charge is -2.04. The number of carbonyl (C=O) groups is 1. The van der Waals surface area contributed by atoms with Gasteiger partial charge in [0.25, 0.3) is 0 Å². The van der Waals surface area contributed by atoms with Crippen LogP contribution in [0.4, 0.5) is 5.82 Å². The van der Waals surface area contributed by atoms with Crippen LogP contribution in [-0.2, 0) is 13.1 Å². The van der Waals surface area contributed by atoms with Crippen LogP contribution in [0.3, 0.4) is 0 Å². The molecule has 0 saturated heterocycles. The molecule has 0 aliphatic carbocycles. The number of hydrogen-bond donors (Lipinski definition) is 1. The van der Waals surface area contributed by atoms with E-state index in [9.17, 15) is 14.9 Å². The van der Waals surface area contributed by atoms with Gasteiger partial charge in [-0.3, -0.25) is 4.79 Å². The lowest BCUT2D eigenvalue weighted by molar-refractivity contribution is -0.389. The van der Waals surface area contributed by atoms with Crippen molar-refractivity contribution in [2.24, 2.45) is 0 Å². The molecule has 3 aromatic rings. The van der Waals surface area contributed by atoms with Crippen LogP contribution in [0.15, 0.2) is 34.9 Å². The van der Waals surface area contributed by atoms with E-state index in [0.717, 1.165) is 5.56 Å². The summed E-state index contributed by atoms with van der Waals surface area (Å²) in [5, 5.41) is 21.4. The standard InChI is InChI=1S/C15H13ClN6O4/c1-9-6-13(22(24)25)19-21(9)8-12-18-15(26-20-12)14(23)17-7-10-4-2-3-5-11(10)16/h2-6H,7-8H2,1H3,(H,17,23). The highest BCUT2D eigenvalue weighted by Gasteiger charge is 2.19. The lowest BCUT2D eigenvalue weighted by atomic mass is 10.2. The number of hydrogen-bond acceptors (Lipinski definition) is 7. The van der Waals surface area contributed by atoms with Crippen LogP contribution in [0.2, 0.25) is 5.02 Å². The van der Waals surface area contributed by atoms with E-state index in [1.54, 1.807) is 25.1 Å². The number of aromatic nitrogens is 4. The summed E-state index contributed by atoms with van der Waals surface area (Å²) in [6.45, 7) is 1.92. The van der Waals surface area contributed by atoms with Gasteiger partial charge >= 0.3 is 17.6 Å². The van der Waals surface area contributed by atoms with Gasteiger partial charge in [-0.25, -0.2) is 0 Å². The Labute approximate surface area is 151 Å². The third kappa shape index (κ3) is 3.86. The largest absolute Gasteiger partial charge is 0.390 e. The predicted octanol–water partition coefficient (Wildman–Crippen LogP) is 2.11. The highest BCUT2D eigenvalue weighted by Crippen LogP contribution is 2.15. The summed E-state index contributed by atoms with van der Waals surface area (Å²) in [4.78, 5) is 26.2. The molecule has 26 heavy (non-hydrogen) atoms. The molecule has 0 saturated carbocycles. The quantitative estimate of drug-likeness (QED) is 0.515. The number of nitrogens with zero attached hydrogens (tertiary/aromatic N) is 5. The molecule has 0 fully saturated rings. The second-order valence-electron chi connectivity index (χ2n) is 5.35. The Morgan fingerprint density at radius 3 is 2.88 bits per heavy atom. The first-order valence-corrected chi connectivity index (χ1v) is 7.85. The van der Waals surface area contributed by atoms with E-state index in [4.69, 9.17) is 16.1 Å². The Balaban J connectivity index is 1.65. The predicted molar refractivity (Wildman–Crippen MR) is 89.6 cm³/mol. The van der Waals surface area contributed by atoms with Gasteiger partial charge in [0.15, 0.2) is 5.82 Å². The molecule has 0 aliphatic rings. The van der Waals surface area contributed by atoms with Gasteiger partial charge in [0.05, 0.1) is 16.9 Å². The van der Waals surface area contributed by atoms with Crippen molar-refractivity contribution >= 4 is 23.3 Å². The number of aryl methyl sites for hydroxylation is 1. The van der Waals surface area contributed by atoms with Crippen LogP contribution in [0.25, 0.3) is 0 Å². The third-order valence-electron chi connectivity index (χ3n) is 3.51. The van der Waals surface area contributed by atoms with Crippen LogP contribution in [-0.4, -0.2) is 30.8 Å². The van der Waals surface area contributed by atoms with Crippen molar-refractivity contribution in [2.45, 2.75) is 20.0 Å². The molecular formula is C15H13ClN6O4. The van der Waals surface area contributed by atoms with E-state index in [0.29, 0.717) is 10.7 Å². The summed E-state index contributed by atoms with van der Waals surface area (Å²) >= 11 is 6.03. The number of benzene rings is 1. The minimum Gasteiger partial charge on any atom is -0.358 e. The van der Waals surface area contributed by atoms with Crippen molar-refractivity contribution in [1.82, 2.24) is 25.2 Å². The van der Waals surface area contributed by atoms with Crippen molar-refractivity contribution in [2.75, 3.05) is 0 Å². The van der Waals surface area contributed by atoms with E-state index in [-0.39, 0.29) is 30.6 Å². The van der Waals surface area contributed by atoms with Crippen molar-refractivity contribution in [3.8, 4) is 0 Å². The van der Waals surface area contributed by atoms with Gasteiger partial charge in [-0.1, -0.05) is 35.0 Å². The Kier molecular flexibility index (Phi) is 4.94. The summed E-state index contributed by atoms with van der Waals surface area (Å²) in [5.41, 5.74) is 1.31. The summed E-state index contributed by atoms with van der Waals surface area (Å²) in [6.07, 6.45) is 0. The molecule has 1 aromatic carbocycles. The van der Waals surface area contributed by atoms with Gasteiger partial charge in [-0.2, -0.15) is 9.67 Å². The molecule has 0 atom stereocenters. The zero-order valence-electron chi connectivity index (χ0n) is 13.5. The second-order valence-corrected chi connectivity index (χ2v) is 5.76. The number of nitrogens with one attached hydrogen (secondary N) is 1. The molecule has 0 unspecified atom stereocenters. The summed E-state index contributed by atoms with van der Waals surface area (Å²) in [6, 6.07) is 8.44. The van der Waals surface area contributed by atoms with Crippen molar-refractivity contribution < 1.29 is 14.2 Å². The topological polar surface area (TPSA) is 129 Å². The molecule has 2 heterocycles. The van der Waals surface area contributed by atoms with Crippen LogP contribution < -0.4 is 5.32 Å². The molecule has 0 radical (unpaired) electrons. The molecule has 0 spiro atoms. The Bertz CT molecular complexity index is 967. The van der Waals surface area contributed by atoms with Crippen molar-refractivity contribution in [1.29, 1.82) is 0 Å². The van der Waals surface area contributed by atoms with Gasteiger partial charge < -0.3 is 20.0 Å². The molecular weight excluding hydrogens is 364 g/mol. The van der Waals surface area contributed by atoms with Gasteiger partial charge in [0.1, 0.15) is 6.54 Å². The van der Waals surface area contributed by atoms with E-state index in [1.807, 2.05) is 6.07 Å². The first-order chi connectivity index (χ1) is 12.4. The third-order valence-corrected chi connectivity index (χ3v) is 3.87. The fourth-order valence-corrected chi connectivity index (χ4v) is 2.38. The minimum atomic E-state index is -0.590. The van der Waals surface area contributed by atoms with Crippen molar-refractivity contribution in [3.63, 3.8) is 0 Å². The number of nitro groups is 1. The normalized spacial score (nSPS) is 10.7. The fraction of sp³-hybridized carbons (Fsp3) is 0.200. The summed E-state index contributed by atoms with van der Waals surface area (Å²) in [5.74, 6) is -0.865. The minimum absolute atomic E-state index is 0.0426. The number of halogens is 1. The second kappa shape index (κ2) is 7.31. The summed E-state index contributed by atoms with van der Waals surface area (Å²) in [7, 11) is 0. The Hall–Kier alpha value is -3.27. The van der Waals surface area contributed by atoms with E-state index in [2.05, 4.69) is 20.6 Å². The van der Waals surface area contributed by atoms with Crippen LogP contribution >= 0.6 is 11.6 Å². The molecule has 0 aliphatic heterocycles. The maximum atomic E-state index is 12.1. The summed E-state index contributed by atoms with van der Waals surface area (Å²) < 4.78 is 6.29. The molecule has 2 aromatic heterocycles. The van der Waals surface area contributed by atoms with E-state index >= 15 is 0 Å². The SMILES string of the molecule is Cc1cc([N+](=O)[O-])nn1Cc1noc(C(=O)NCc2ccccc2Cl)n1. The zero-order chi connectivity index (χ0) is 18.7. The average molecular weight is 377 g/mol. The molecule has 134 valence electrons. The number of amides is 1. The lowest BCUT2D eigenvalue weighted by Crippen LogP contribution is -2.23. The van der Waals surface area contributed by atoms with E-state index < -0.39 is 10.8 Å². The van der Waals surface area contributed by atoms with Crippen LogP contribution in [0, 0.1) is 17.0 Å². The zero-order valence-corrected chi connectivity index (χ0v) is 14.3. The molecule has 10 nitrogen and oxygen atoms in total. The van der Waals surface area contributed by atoms with Gasteiger partial charge in [-0.05, 0) is 23.5 Å². The number of carbonyl (C=O) groups excluding carboxylic acids is 1.